The van der Waals surface area contributed by atoms with Gasteiger partial charge in [0.2, 0.25) is 0 Å². The molecule has 3 aromatic rings. The zero-order chi connectivity index (χ0) is 13.9. The van der Waals surface area contributed by atoms with Gasteiger partial charge in [0.1, 0.15) is 11.6 Å². The Bertz CT molecular complexity index is 719. The summed E-state index contributed by atoms with van der Waals surface area (Å²) < 4.78 is 3.12. The summed E-state index contributed by atoms with van der Waals surface area (Å²) >= 11 is 3.56. The monoisotopic (exact) mass is 328 g/mol. The van der Waals surface area contributed by atoms with Crippen molar-refractivity contribution < 1.29 is 5.11 Å². The molecule has 3 nitrogen and oxygen atoms in total. The van der Waals surface area contributed by atoms with Gasteiger partial charge in [-0.2, -0.15) is 0 Å². The van der Waals surface area contributed by atoms with Gasteiger partial charge >= 0.3 is 0 Å². The highest BCUT2D eigenvalue weighted by molar-refractivity contribution is 9.10. The SMILES string of the molecule is Oc1ccc(Cn2ccnc2-c2ccccc2Br)cc1. The number of rotatable bonds is 3. The molecule has 0 bridgehead atoms. The summed E-state index contributed by atoms with van der Waals surface area (Å²) in [4.78, 5) is 4.44. The first-order valence-electron chi connectivity index (χ1n) is 6.28. The third kappa shape index (κ3) is 2.60. The van der Waals surface area contributed by atoms with Crippen LogP contribution < -0.4 is 0 Å². The number of phenols is 1. The van der Waals surface area contributed by atoms with E-state index < -0.39 is 0 Å². The number of phenolic OH excluding ortho intramolecular Hbond substituents is 1. The molecule has 0 amide bonds. The van der Waals surface area contributed by atoms with E-state index in [0.717, 1.165) is 28.0 Å². The highest BCUT2D eigenvalue weighted by Crippen LogP contribution is 2.27. The van der Waals surface area contributed by atoms with Gasteiger partial charge in [0.15, 0.2) is 0 Å². The van der Waals surface area contributed by atoms with Crippen LogP contribution in [-0.2, 0) is 6.54 Å². The molecule has 0 spiro atoms. The standard InChI is InChI=1S/C16H13BrN2O/c17-15-4-2-1-3-14(15)16-18-9-10-19(16)11-12-5-7-13(20)8-6-12/h1-10,20H,11H2. The summed E-state index contributed by atoms with van der Waals surface area (Å²) in [6.07, 6.45) is 3.76. The van der Waals surface area contributed by atoms with Crippen LogP contribution in [0.15, 0.2) is 65.4 Å². The average Bonchev–Trinajstić information content (AvgIpc) is 2.90. The second kappa shape index (κ2) is 5.51. The van der Waals surface area contributed by atoms with Crippen LogP contribution in [0.2, 0.25) is 0 Å². The molecule has 3 rings (SSSR count). The van der Waals surface area contributed by atoms with Crippen molar-refractivity contribution in [1.29, 1.82) is 0 Å². The van der Waals surface area contributed by atoms with Crippen molar-refractivity contribution in [3.63, 3.8) is 0 Å². The molecule has 0 aliphatic carbocycles. The van der Waals surface area contributed by atoms with Gasteiger partial charge < -0.3 is 9.67 Å². The molecule has 0 saturated heterocycles. The lowest BCUT2D eigenvalue weighted by molar-refractivity contribution is 0.475. The lowest BCUT2D eigenvalue weighted by Gasteiger charge is -2.09. The minimum atomic E-state index is 0.283. The van der Waals surface area contributed by atoms with Crippen LogP contribution in [0.3, 0.4) is 0 Å². The highest BCUT2D eigenvalue weighted by atomic mass is 79.9. The molecule has 20 heavy (non-hydrogen) atoms. The van der Waals surface area contributed by atoms with Crippen LogP contribution in [0, 0.1) is 0 Å². The third-order valence-electron chi connectivity index (χ3n) is 3.12. The largest absolute Gasteiger partial charge is 0.508 e. The van der Waals surface area contributed by atoms with Gasteiger partial charge in [-0.15, -0.1) is 0 Å². The average molecular weight is 329 g/mol. The normalized spacial score (nSPS) is 10.7. The number of imidazole rings is 1. The number of hydrogen-bond donors (Lipinski definition) is 1. The smallest absolute Gasteiger partial charge is 0.141 e. The van der Waals surface area contributed by atoms with Crippen LogP contribution in [0.1, 0.15) is 5.56 Å². The molecule has 0 fully saturated rings. The van der Waals surface area contributed by atoms with E-state index in [0.29, 0.717) is 0 Å². The van der Waals surface area contributed by atoms with E-state index in [1.54, 1.807) is 18.3 Å². The summed E-state index contributed by atoms with van der Waals surface area (Å²) in [7, 11) is 0. The van der Waals surface area contributed by atoms with E-state index in [1.165, 1.54) is 0 Å². The molecule has 1 heterocycles. The van der Waals surface area contributed by atoms with Crippen molar-refractivity contribution in [2.75, 3.05) is 0 Å². The van der Waals surface area contributed by atoms with Crippen molar-refractivity contribution in [2.24, 2.45) is 0 Å². The minimum absolute atomic E-state index is 0.283. The summed E-state index contributed by atoms with van der Waals surface area (Å²) in [6, 6.07) is 15.3. The van der Waals surface area contributed by atoms with Crippen molar-refractivity contribution in [3.8, 4) is 17.1 Å². The van der Waals surface area contributed by atoms with Crippen LogP contribution in [0.4, 0.5) is 0 Å². The molecule has 0 atom stereocenters. The van der Waals surface area contributed by atoms with Gasteiger partial charge in [0.05, 0.1) is 0 Å². The number of benzene rings is 2. The molecule has 4 heteroatoms. The van der Waals surface area contributed by atoms with E-state index in [-0.39, 0.29) is 5.75 Å². The molecule has 0 aliphatic heterocycles. The van der Waals surface area contributed by atoms with Gasteiger partial charge in [-0.05, 0) is 23.8 Å². The van der Waals surface area contributed by atoms with E-state index in [2.05, 4.69) is 25.5 Å². The van der Waals surface area contributed by atoms with Crippen LogP contribution in [0.5, 0.6) is 5.75 Å². The maximum absolute atomic E-state index is 9.33. The van der Waals surface area contributed by atoms with Crippen LogP contribution in [0.25, 0.3) is 11.4 Å². The Hall–Kier alpha value is -2.07. The molecule has 100 valence electrons. The number of halogens is 1. The Morgan fingerprint density at radius 3 is 2.55 bits per heavy atom. The van der Waals surface area contributed by atoms with Crippen molar-refractivity contribution in [1.82, 2.24) is 9.55 Å². The Morgan fingerprint density at radius 2 is 1.80 bits per heavy atom. The lowest BCUT2D eigenvalue weighted by atomic mass is 10.2. The first-order valence-corrected chi connectivity index (χ1v) is 7.07. The van der Waals surface area contributed by atoms with Crippen molar-refractivity contribution >= 4 is 15.9 Å². The summed E-state index contributed by atoms with van der Waals surface area (Å²) in [5.41, 5.74) is 2.19. The Labute approximate surface area is 125 Å². The maximum Gasteiger partial charge on any atom is 0.141 e. The van der Waals surface area contributed by atoms with Crippen molar-refractivity contribution in [3.05, 3.63) is 71.0 Å². The van der Waals surface area contributed by atoms with Gasteiger partial charge in [-0.3, -0.25) is 0 Å². The molecule has 0 saturated carbocycles. The fourth-order valence-electron chi connectivity index (χ4n) is 2.12. The lowest BCUT2D eigenvalue weighted by Crippen LogP contribution is -2.01. The molecule has 2 aromatic carbocycles. The predicted octanol–water partition coefficient (Wildman–Crippen LogP) is 4.07. The molecule has 1 aromatic heterocycles. The zero-order valence-electron chi connectivity index (χ0n) is 10.7. The van der Waals surface area contributed by atoms with Gasteiger partial charge in [0, 0.05) is 29.0 Å². The quantitative estimate of drug-likeness (QED) is 0.787. The maximum atomic E-state index is 9.33. The fraction of sp³-hybridized carbons (Fsp3) is 0.0625. The first kappa shape index (κ1) is 12.9. The summed E-state index contributed by atoms with van der Waals surface area (Å²) in [5, 5.41) is 9.33. The zero-order valence-corrected chi connectivity index (χ0v) is 12.3. The topological polar surface area (TPSA) is 38.0 Å². The molecule has 0 radical (unpaired) electrons. The summed E-state index contributed by atoms with van der Waals surface area (Å²) in [6.45, 7) is 0.719. The van der Waals surface area contributed by atoms with Gasteiger partial charge in [0.25, 0.3) is 0 Å². The second-order valence-electron chi connectivity index (χ2n) is 4.53. The van der Waals surface area contributed by atoms with E-state index in [9.17, 15) is 5.11 Å². The Morgan fingerprint density at radius 1 is 1.05 bits per heavy atom. The Balaban J connectivity index is 1.95. The molecule has 0 unspecified atom stereocenters. The highest BCUT2D eigenvalue weighted by Gasteiger charge is 2.09. The number of hydrogen-bond acceptors (Lipinski definition) is 2. The fourth-order valence-corrected chi connectivity index (χ4v) is 2.58. The predicted molar refractivity (Wildman–Crippen MR) is 82.6 cm³/mol. The van der Waals surface area contributed by atoms with E-state index in [4.69, 9.17) is 0 Å². The first-order chi connectivity index (χ1) is 9.74. The van der Waals surface area contributed by atoms with E-state index in [1.807, 2.05) is 42.6 Å². The summed E-state index contributed by atoms with van der Waals surface area (Å²) in [5.74, 6) is 1.20. The van der Waals surface area contributed by atoms with E-state index >= 15 is 0 Å². The third-order valence-corrected chi connectivity index (χ3v) is 3.81. The molecular formula is C16H13BrN2O. The Kier molecular flexibility index (Phi) is 3.56. The van der Waals surface area contributed by atoms with Gasteiger partial charge in [-0.1, -0.05) is 46.3 Å². The second-order valence-corrected chi connectivity index (χ2v) is 5.38. The number of aromatic hydroxyl groups is 1. The molecule has 0 aliphatic rings. The minimum Gasteiger partial charge on any atom is -0.508 e. The van der Waals surface area contributed by atoms with Gasteiger partial charge in [-0.25, -0.2) is 4.98 Å². The molecule has 1 N–H and O–H groups in total. The number of aromatic nitrogens is 2. The molecular weight excluding hydrogens is 316 g/mol. The van der Waals surface area contributed by atoms with Crippen molar-refractivity contribution in [2.45, 2.75) is 6.54 Å². The van der Waals surface area contributed by atoms with Crippen LogP contribution in [-0.4, -0.2) is 14.7 Å². The number of nitrogens with zero attached hydrogens (tertiary/aromatic N) is 2. The van der Waals surface area contributed by atoms with Crippen LogP contribution >= 0.6 is 15.9 Å².